The molecule has 0 unspecified atom stereocenters. The van der Waals surface area contributed by atoms with E-state index in [0.29, 0.717) is 27.0 Å². The summed E-state index contributed by atoms with van der Waals surface area (Å²) in [6.45, 7) is 1.98. The average molecular weight is 422 g/mol. The van der Waals surface area contributed by atoms with Gasteiger partial charge in [-0.15, -0.1) is 11.3 Å². The number of hydrogen-bond donors (Lipinski definition) is 0. The summed E-state index contributed by atoms with van der Waals surface area (Å²) in [7, 11) is -3.69. The fraction of sp³-hybridized carbons (Fsp3) is 0.350. The zero-order chi connectivity index (χ0) is 20.1. The van der Waals surface area contributed by atoms with Crippen molar-refractivity contribution in [3.63, 3.8) is 0 Å². The first-order chi connectivity index (χ1) is 13.3. The molecular formula is C20H20FNO4S2. The van der Waals surface area contributed by atoms with E-state index in [9.17, 15) is 17.6 Å². The van der Waals surface area contributed by atoms with E-state index < -0.39 is 21.8 Å². The molecule has 8 heteroatoms. The molecule has 0 aliphatic heterocycles. The Morgan fingerprint density at radius 3 is 2.71 bits per heavy atom. The van der Waals surface area contributed by atoms with Gasteiger partial charge in [0.05, 0.1) is 34.5 Å². The zero-order valence-electron chi connectivity index (χ0n) is 15.6. The molecule has 0 N–H and O–H groups in total. The summed E-state index contributed by atoms with van der Waals surface area (Å²) in [5, 5.41) is 0.474. The molecule has 1 aromatic carbocycles. The maximum atomic E-state index is 13.7. The van der Waals surface area contributed by atoms with E-state index in [1.807, 2.05) is 0 Å². The van der Waals surface area contributed by atoms with Crippen LogP contribution in [-0.2, 0) is 27.6 Å². The van der Waals surface area contributed by atoms with Crippen molar-refractivity contribution in [3.05, 3.63) is 46.1 Å². The van der Waals surface area contributed by atoms with Gasteiger partial charge in [0.1, 0.15) is 5.82 Å². The molecule has 0 fully saturated rings. The van der Waals surface area contributed by atoms with Crippen LogP contribution in [0.3, 0.4) is 0 Å². The quantitative estimate of drug-likeness (QED) is 0.587. The number of fused-ring (bicyclic) bond motifs is 2. The van der Waals surface area contributed by atoms with Crippen LogP contribution in [0, 0.1) is 5.82 Å². The van der Waals surface area contributed by atoms with Crippen LogP contribution in [-0.4, -0.2) is 31.2 Å². The lowest BCUT2D eigenvalue weighted by atomic mass is 9.94. The van der Waals surface area contributed by atoms with Gasteiger partial charge in [0.15, 0.2) is 0 Å². The Morgan fingerprint density at radius 1 is 1.25 bits per heavy atom. The third-order valence-electron chi connectivity index (χ3n) is 4.93. The van der Waals surface area contributed by atoms with Gasteiger partial charge in [0, 0.05) is 10.3 Å². The normalized spacial score (nSPS) is 14.2. The molecule has 3 aromatic rings. The van der Waals surface area contributed by atoms with E-state index in [2.05, 4.69) is 0 Å². The van der Waals surface area contributed by atoms with Crippen molar-refractivity contribution in [1.82, 2.24) is 3.97 Å². The Hall–Kier alpha value is -2.19. The maximum absolute atomic E-state index is 13.7. The first-order valence-corrected chi connectivity index (χ1v) is 11.8. The summed E-state index contributed by atoms with van der Waals surface area (Å²) in [4.78, 5) is 14.4. The Balaban J connectivity index is 2.06. The molecule has 5 nitrogen and oxygen atoms in total. The SMILES string of the molecule is CCOC(=O)c1c(-c2cc3cc(F)ccc3n2S(C)(=O)=O)sc2c1CCCC2. The lowest BCUT2D eigenvalue weighted by Gasteiger charge is -2.13. The van der Waals surface area contributed by atoms with E-state index in [4.69, 9.17) is 4.74 Å². The minimum absolute atomic E-state index is 0.239. The first kappa shape index (κ1) is 19.1. The van der Waals surface area contributed by atoms with Crippen LogP contribution in [0.4, 0.5) is 4.39 Å². The van der Waals surface area contributed by atoms with Gasteiger partial charge in [-0.1, -0.05) is 0 Å². The topological polar surface area (TPSA) is 65.4 Å². The average Bonchev–Trinajstić information content (AvgIpc) is 3.19. The molecule has 0 saturated carbocycles. The van der Waals surface area contributed by atoms with Crippen molar-refractivity contribution in [2.45, 2.75) is 32.6 Å². The molecule has 0 spiro atoms. The van der Waals surface area contributed by atoms with Crippen molar-refractivity contribution in [3.8, 4) is 10.6 Å². The summed E-state index contributed by atoms with van der Waals surface area (Å²) in [6.07, 6.45) is 4.76. The molecule has 148 valence electrons. The predicted octanol–water partition coefficient (Wildman–Crippen LogP) is 4.37. The molecule has 0 atom stereocenters. The van der Waals surface area contributed by atoms with Gasteiger partial charge in [-0.25, -0.2) is 21.6 Å². The van der Waals surface area contributed by atoms with Crippen molar-refractivity contribution in [1.29, 1.82) is 0 Å². The Labute approximate surface area is 166 Å². The maximum Gasteiger partial charge on any atom is 0.339 e. The minimum Gasteiger partial charge on any atom is -0.462 e. The number of esters is 1. The standard InChI is InChI=1S/C20H20FNO4S2/c1-3-26-20(23)18-14-6-4-5-7-17(14)27-19(18)16-11-12-10-13(21)8-9-15(12)22(16)28(2,24)25/h8-11H,3-7H2,1-2H3. The zero-order valence-corrected chi connectivity index (χ0v) is 17.3. The van der Waals surface area contributed by atoms with Gasteiger partial charge < -0.3 is 4.74 Å². The lowest BCUT2D eigenvalue weighted by Crippen LogP contribution is -2.13. The third-order valence-corrected chi connectivity index (χ3v) is 7.31. The molecule has 2 heterocycles. The fourth-order valence-electron chi connectivity index (χ4n) is 3.84. The van der Waals surface area contributed by atoms with Crippen molar-refractivity contribution in [2.75, 3.05) is 12.9 Å². The predicted molar refractivity (Wildman–Crippen MR) is 108 cm³/mol. The van der Waals surface area contributed by atoms with Gasteiger partial charge in [0.2, 0.25) is 10.0 Å². The molecule has 4 rings (SSSR count). The molecular weight excluding hydrogens is 401 g/mol. The van der Waals surface area contributed by atoms with Crippen molar-refractivity contribution >= 4 is 38.2 Å². The summed E-state index contributed by atoms with van der Waals surface area (Å²) in [6, 6.07) is 5.63. The second kappa shape index (κ2) is 7.00. The van der Waals surface area contributed by atoms with Crippen LogP contribution in [0.5, 0.6) is 0 Å². The van der Waals surface area contributed by atoms with Gasteiger partial charge >= 0.3 is 5.97 Å². The number of thiophene rings is 1. The summed E-state index contributed by atoms with van der Waals surface area (Å²) in [5.41, 5.74) is 2.18. The second-order valence-corrected chi connectivity index (χ2v) is 9.83. The molecule has 28 heavy (non-hydrogen) atoms. The molecule has 0 bridgehead atoms. The first-order valence-electron chi connectivity index (χ1n) is 9.15. The number of benzene rings is 1. The number of carbonyl (C=O) groups is 1. The molecule has 2 aromatic heterocycles. The number of nitrogens with zero attached hydrogens (tertiary/aromatic N) is 1. The number of carbonyl (C=O) groups excluding carboxylic acids is 1. The number of aromatic nitrogens is 1. The van der Waals surface area contributed by atoms with Gasteiger partial charge in [-0.3, -0.25) is 0 Å². The monoisotopic (exact) mass is 421 g/mol. The second-order valence-electron chi connectivity index (χ2n) is 6.90. The molecule has 1 aliphatic rings. The highest BCUT2D eigenvalue weighted by Gasteiger charge is 2.30. The van der Waals surface area contributed by atoms with Gasteiger partial charge in [-0.05, 0) is 62.4 Å². The number of aryl methyl sites for hydroxylation is 1. The van der Waals surface area contributed by atoms with Crippen LogP contribution in [0.15, 0.2) is 24.3 Å². The minimum atomic E-state index is -3.69. The van der Waals surface area contributed by atoms with Gasteiger partial charge in [0.25, 0.3) is 0 Å². The van der Waals surface area contributed by atoms with Crippen molar-refractivity contribution in [2.24, 2.45) is 0 Å². The number of ether oxygens (including phenoxy) is 1. The van der Waals surface area contributed by atoms with Crippen LogP contribution < -0.4 is 0 Å². The highest BCUT2D eigenvalue weighted by Crippen LogP contribution is 2.43. The highest BCUT2D eigenvalue weighted by molar-refractivity contribution is 7.89. The Kier molecular flexibility index (Phi) is 4.79. The Bertz CT molecular complexity index is 1190. The largest absolute Gasteiger partial charge is 0.462 e. The summed E-state index contributed by atoms with van der Waals surface area (Å²) < 4.78 is 45.4. The fourth-order valence-corrected chi connectivity index (χ4v) is 6.31. The van der Waals surface area contributed by atoms with Crippen molar-refractivity contribution < 1.29 is 22.3 Å². The van der Waals surface area contributed by atoms with E-state index >= 15 is 0 Å². The number of halogens is 1. The van der Waals surface area contributed by atoms with Gasteiger partial charge in [-0.2, -0.15) is 0 Å². The summed E-state index contributed by atoms with van der Waals surface area (Å²) >= 11 is 1.44. The molecule has 0 amide bonds. The van der Waals surface area contributed by atoms with Crippen LogP contribution in [0.2, 0.25) is 0 Å². The van der Waals surface area contributed by atoms with E-state index in [0.717, 1.165) is 42.4 Å². The lowest BCUT2D eigenvalue weighted by molar-refractivity contribution is 0.0526. The highest BCUT2D eigenvalue weighted by atomic mass is 32.2. The summed E-state index contributed by atoms with van der Waals surface area (Å²) in [5.74, 6) is -0.880. The Morgan fingerprint density at radius 2 is 2.00 bits per heavy atom. The van der Waals surface area contributed by atoms with Crippen LogP contribution in [0.25, 0.3) is 21.5 Å². The van der Waals surface area contributed by atoms with E-state index in [1.165, 1.54) is 33.5 Å². The molecule has 0 radical (unpaired) electrons. The van der Waals surface area contributed by atoms with Crippen LogP contribution >= 0.6 is 11.3 Å². The number of hydrogen-bond acceptors (Lipinski definition) is 5. The van der Waals surface area contributed by atoms with E-state index in [-0.39, 0.29) is 6.61 Å². The van der Waals surface area contributed by atoms with Crippen LogP contribution in [0.1, 0.15) is 40.6 Å². The molecule has 1 aliphatic carbocycles. The number of rotatable bonds is 4. The molecule has 0 saturated heterocycles. The third kappa shape index (κ3) is 3.14. The van der Waals surface area contributed by atoms with E-state index in [1.54, 1.807) is 13.0 Å². The smallest absolute Gasteiger partial charge is 0.339 e.